The summed E-state index contributed by atoms with van der Waals surface area (Å²) in [7, 11) is 0. The van der Waals surface area contributed by atoms with Gasteiger partial charge in [-0.1, -0.05) is 65.5 Å². The molecule has 0 bridgehead atoms. The number of halogens is 1. The molecule has 4 rings (SSSR count). The summed E-state index contributed by atoms with van der Waals surface area (Å²) in [5, 5.41) is 13.3. The first-order valence-corrected chi connectivity index (χ1v) is 9.54. The molecule has 0 spiro atoms. The Hall–Kier alpha value is -3.26. The summed E-state index contributed by atoms with van der Waals surface area (Å²) in [6.07, 6.45) is 1.80. The van der Waals surface area contributed by atoms with Crippen molar-refractivity contribution < 1.29 is 8.91 Å². The van der Waals surface area contributed by atoms with Gasteiger partial charge in [0.2, 0.25) is 11.7 Å². The van der Waals surface area contributed by atoms with Gasteiger partial charge in [0.15, 0.2) is 11.0 Å². The highest BCUT2D eigenvalue weighted by atomic mass is 32.2. The Morgan fingerprint density at radius 1 is 1.07 bits per heavy atom. The van der Waals surface area contributed by atoms with Gasteiger partial charge in [-0.15, -0.1) is 16.8 Å². The molecule has 0 atom stereocenters. The highest BCUT2D eigenvalue weighted by molar-refractivity contribution is 7.98. The molecule has 6 nitrogen and oxygen atoms in total. The number of hydrogen-bond acceptors (Lipinski definition) is 6. The van der Waals surface area contributed by atoms with Crippen LogP contribution in [0.25, 0.3) is 22.8 Å². The van der Waals surface area contributed by atoms with Gasteiger partial charge in [-0.05, 0) is 12.1 Å². The Bertz CT molecular complexity index is 1090. The van der Waals surface area contributed by atoms with Crippen LogP contribution >= 0.6 is 11.8 Å². The molecule has 0 unspecified atom stereocenters. The molecule has 2 aromatic heterocycles. The molecule has 0 aliphatic heterocycles. The maximum absolute atomic E-state index is 13.4. The Kier molecular flexibility index (Phi) is 5.29. The van der Waals surface area contributed by atoms with Gasteiger partial charge in [-0.3, -0.25) is 4.57 Å². The van der Waals surface area contributed by atoms with Crippen LogP contribution in [0.3, 0.4) is 0 Å². The quantitative estimate of drug-likeness (QED) is 0.337. The highest BCUT2D eigenvalue weighted by Crippen LogP contribution is 2.27. The second kappa shape index (κ2) is 8.18. The summed E-state index contributed by atoms with van der Waals surface area (Å²) in [6.45, 7) is 4.40. The Balaban J connectivity index is 1.53. The molecule has 0 fully saturated rings. The van der Waals surface area contributed by atoms with E-state index in [4.69, 9.17) is 4.52 Å². The van der Waals surface area contributed by atoms with E-state index in [-0.39, 0.29) is 5.82 Å². The molecule has 0 saturated carbocycles. The van der Waals surface area contributed by atoms with E-state index in [1.165, 1.54) is 23.9 Å². The van der Waals surface area contributed by atoms with Crippen LogP contribution in [0.5, 0.6) is 0 Å². The molecule has 8 heteroatoms. The monoisotopic (exact) mass is 393 g/mol. The first-order valence-electron chi connectivity index (χ1n) is 8.55. The van der Waals surface area contributed by atoms with Crippen molar-refractivity contribution in [1.82, 2.24) is 24.9 Å². The van der Waals surface area contributed by atoms with Crippen molar-refractivity contribution in [3.63, 3.8) is 0 Å². The zero-order valence-electron chi connectivity index (χ0n) is 14.8. The van der Waals surface area contributed by atoms with Crippen molar-refractivity contribution in [2.75, 3.05) is 0 Å². The van der Waals surface area contributed by atoms with Gasteiger partial charge in [0.25, 0.3) is 0 Å². The third-order valence-corrected chi connectivity index (χ3v) is 4.89. The minimum Gasteiger partial charge on any atom is -0.338 e. The van der Waals surface area contributed by atoms with Crippen molar-refractivity contribution in [2.24, 2.45) is 0 Å². The average molecular weight is 393 g/mol. The summed E-state index contributed by atoms with van der Waals surface area (Å²) in [4.78, 5) is 4.33. The fourth-order valence-corrected chi connectivity index (χ4v) is 3.46. The van der Waals surface area contributed by atoms with E-state index in [0.29, 0.717) is 29.6 Å². The van der Waals surface area contributed by atoms with Crippen LogP contribution in [-0.2, 0) is 12.3 Å². The third kappa shape index (κ3) is 3.86. The Morgan fingerprint density at radius 2 is 1.89 bits per heavy atom. The first kappa shape index (κ1) is 18.1. The molecular formula is C20H16FN5OS. The van der Waals surface area contributed by atoms with E-state index in [2.05, 4.69) is 26.9 Å². The smallest absolute Gasteiger partial charge is 0.237 e. The van der Waals surface area contributed by atoms with Crippen molar-refractivity contribution in [3.8, 4) is 22.8 Å². The van der Waals surface area contributed by atoms with Crippen LogP contribution in [0.2, 0.25) is 0 Å². The zero-order chi connectivity index (χ0) is 19.3. The van der Waals surface area contributed by atoms with Crippen molar-refractivity contribution in [3.05, 3.63) is 79.0 Å². The van der Waals surface area contributed by atoms with E-state index < -0.39 is 0 Å². The minimum atomic E-state index is -0.343. The molecule has 0 saturated heterocycles. The molecule has 0 aliphatic carbocycles. The lowest BCUT2D eigenvalue weighted by Gasteiger charge is -2.06. The van der Waals surface area contributed by atoms with Gasteiger partial charge in [0.1, 0.15) is 5.82 Å². The van der Waals surface area contributed by atoms with E-state index >= 15 is 0 Å². The van der Waals surface area contributed by atoms with Gasteiger partial charge in [-0.25, -0.2) is 4.39 Å². The number of allylic oxidation sites excluding steroid dienone is 1. The van der Waals surface area contributed by atoms with E-state index in [1.54, 1.807) is 18.2 Å². The molecule has 4 aromatic rings. The molecule has 0 amide bonds. The fraction of sp³-hybridized carbons (Fsp3) is 0.100. The predicted octanol–water partition coefficient (Wildman–Crippen LogP) is 4.61. The van der Waals surface area contributed by atoms with Crippen LogP contribution in [-0.4, -0.2) is 24.9 Å². The number of rotatable bonds is 7. The van der Waals surface area contributed by atoms with Crippen LogP contribution < -0.4 is 0 Å². The van der Waals surface area contributed by atoms with Crippen LogP contribution in [0.4, 0.5) is 4.39 Å². The lowest BCUT2D eigenvalue weighted by atomic mass is 10.2. The standard InChI is InChI=1S/C20H16FN5OS/c1-2-11-26-19(14-7-4-3-5-8-14)23-24-20(26)28-13-17-22-18(25-27-17)15-9-6-10-16(21)12-15/h2-10,12H,1,11,13H2. The van der Waals surface area contributed by atoms with Gasteiger partial charge < -0.3 is 4.52 Å². The summed E-state index contributed by atoms with van der Waals surface area (Å²) < 4.78 is 20.6. The Morgan fingerprint density at radius 3 is 2.68 bits per heavy atom. The number of hydrogen-bond donors (Lipinski definition) is 0. The summed E-state index contributed by atoms with van der Waals surface area (Å²) in [5.74, 6) is 1.64. The Labute approximate surface area is 165 Å². The topological polar surface area (TPSA) is 69.6 Å². The fourth-order valence-electron chi connectivity index (χ4n) is 2.67. The average Bonchev–Trinajstić information content (AvgIpc) is 3.35. The molecular weight excluding hydrogens is 377 g/mol. The van der Waals surface area contributed by atoms with Gasteiger partial charge >= 0.3 is 0 Å². The molecule has 0 aliphatic rings. The number of benzene rings is 2. The van der Waals surface area contributed by atoms with Crippen LogP contribution in [0, 0.1) is 5.82 Å². The lowest BCUT2D eigenvalue weighted by molar-refractivity contribution is 0.391. The van der Waals surface area contributed by atoms with Crippen molar-refractivity contribution >= 4 is 11.8 Å². The third-order valence-electron chi connectivity index (χ3n) is 3.94. The largest absolute Gasteiger partial charge is 0.338 e. The normalized spacial score (nSPS) is 10.9. The van der Waals surface area contributed by atoms with Crippen molar-refractivity contribution in [1.29, 1.82) is 0 Å². The number of aromatic nitrogens is 5. The van der Waals surface area contributed by atoms with E-state index in [9.17, 15) is 4.39 Å². The molecule has 2 aromatic carbocycles. The van der Waals surface area contributed by atoms with Crippen LogP contribution in [0.15, 0.2) is 76.9 Å². The molecule has 28 heavy (non-hydrogen) atoms. The van der Waals surface area contributed by atoms with E-state index in [1.807, 2.05) is 34.9 Å². The lowest BCUT2D eigenvalue weighted by Crippen LogP contribution is -2.00. The molecule has 0 N–H and O–H groups in total. The number of nitrogens with zero attached hydrogens (tertiary/aromatic N) is 5. The maximum atomic E-state index is 13.4. The summed E-state index contributed by atoms with van der Waals surface area (Å²) >= 11 is 1.44. The number of thioether (sulfide) groups is 1. The minimum absolute atomic E-state index is 0.343. The highest BCUT2D eigenvalue weighted by Gasteiger charge is 2.15. The molecule has 140 valence electrons. The van der Waals surface area contributed by atoms with Gasteiger partial charge in [0.05, 0.1) is 5.75 Å². The van der Waals surface area contributed by atoms with Crippen LogP contribution in [0.1, 0.15) is 5.89 Å². The summed E-state index contributed by atoms with van der Waals surface area (Å²) in [5.41, 5.74) is 1.55. The van der Waals surface area contributed by atoms with Gasteiger partial charge in [-0.2, -0.15) is 4.98 Å². The maximum Gasteiger partial charge on any atom is 0.237 e. The van der Waals surface area contributed by atoms with Gasteiger partial charge in [0, 0.05) is 17.7 Å². The second-order valence-corrected chi connectivity index (χ2v) is 6.82. The van der Waals surface area contributed by atoms with Crippen molar-refractivity contribution in [2.45, 2.75) is 17.5 Å². The molecule has 2 heterocycles. The van der Waals surface area contributed by atoms with E-state index in [0.717, 1.165) is 16.5 Å². The predicted molar refractivity (Wildman–Crippen MR) is 105 cm³/mol. The zero-order valence-corrected chi connectivity index (χ0v) is 15.6. The second-order valence-electron chi connectivity index (χ2n) is 5.88. The summed E-state index contributed by atoms with van der Waals surface area (Å²) in [6, 6.07) is 15.9. The SMILES string of the molecule is C=CCn1c(SCc2nc(-c3cccc(F)c3)no2)nnc1-c1ccccc1. The first-order chi connectivity index (χ1) is 13.7. The molecule has 0 radical (unpaired) electrons.